The summed E-state index contributed by atoms with van der Waals surface area (Å²) in [5.41, 5.74) is 1.01. The van der Waals surface area contributed by atoms with E-state index in [0.717, 1.165) is 18.4 Å². The zero-order valence-electron chi connectivity index (χ0n) is 9.67. The van der Waals surface area contributed by atoms with Crippen LogP contribution < -0.4 is 0 Å². The lowest BCUT2D eigenvalue weighted by Crippen LogP contribution is -2.14. The lowest BCUT2D eigenvalue weighted by atomic mass is 9.91. The Morgan fingerprint density at radius 2 is 2.06 bits per heavy atom. The van der Waals surface area contributed by atoms with E-state index in [1.807, 2.05) is 37.3 Å². The first-order chi connectivity index (χ1) is 8.13. The second-order valence-corrected chi connectivity index (χ2v) is 3.79. The third-order valence-electron chi connectivity index (χ3n) is 2.50. The summed E-state index contributed by atoms with van der Waals surface area (Å²) in [6.07, 6.45) is 1.75. The Hall–Kier alpha value is -1.91. The molecule has 0 aliphatic carbocycles. The van der Waals surface area contributed by atoms with Crippen LogP contribution in [0.25, 0.3) is 0 Å². The molecule has 92 valence electrons. The smallest absolute Gasteiger partial charge is 0.268 e. The fraction of sp³-hybridized carbons (Fsp3) is 0.417. The molecule has 0 saturated heterocycles. The SMILES string of the molecule is CCCC(CC(=O)O[N+](=O)[O-])c1ccccc1. The third kappa shape index (κ3) is 4.63. The zero-order chi connectivity index (χ0) is 12.7. The van der Waals surface area contributed by atoms with Gasteiger partial charge in [0.05, 0.1) is 0 Å². The molecule has 1 aromatic carbocycles. The van der Waals surface area contributed by atoms with E-state index in [0.29, 0.717) is 0 Å². The Labute approximate surface area is 99.5 Å². The second-order valence-electron chi connectivity index (χ2n) is 3.79. The maximum absolute atomic E-state index is 11.2. The van der Waals surface area contributed by atoms with Crippen LogP contribution in [-0.4, -0.2) is 11.1 Å². The number of carbonyl (C=O) groups excluding carboxylic acids is 1. The second kappa shape index (κ2) is 6.62. The molecule has 1 rings (SSSR count). The van der Waals surface area contributed by atoms with Gasteiger partial charge >= 0.3 is 11.1 Å². The number of hydrogen-bond donors (Lipinski definition) is 0. The van der Waals surface area contributed by atoms with Crippen LogP contribution >= 0.6 is 0 Å². The first kappa shape index (κ1) is 13.2. The number of carbonyl (C=O) groups is 1. The van der Waals surface area contributed by atoms with Crippen LogP contribution in [0.2, 0.25) is 0 Å². The summed E-state index contributed by atoms with van der Waals surface area (Å²) in [6, 6.07) is 9.50. The number of rotatable bonds is 6. The molecular formula is C12H15NO4. The van der Waals surface area contributed by atoms with Crippen molar-refractivity contribution in [1.29, 1.82) is 0 Å². The van der Waals surface area contributed by atoms with Gasteiger partial charge in [-0.3, -0.25) is 4.79 Å². The van der Waals surface area contributed by atoms with E-state index < -0.39 is 11.1 Å². The Morgan fingerprint density at radius 1 is 1.41 bits per heavy atom. The molecule has 0 radical (unpaired) electrons. The molecule has 5 nitrogen and oxygen atoms in total. The molecular weight excluding hydrogens is 222 g/mol. The van der Waals surface area contributed by atoms with Gasteiger partial charge in [0.2, 0.25) is 0 Å². The Kier molecular flexibility index (Phi) is 5.13. The van der Waals surface area contributed by atoms with E-state index in [-0.39, 0.29) is 12.3 Å². The molecule has 5 heteroatoms. The van der Waals surface area contributed by atoms with Crippen molar-refractivity contribution in [3.63, 3.8) is 0 Å². The van der Waals surface area contributed by atoms with Gasteiger partial charge in [-0.05, 0) is 17.9 Å². The van der Waals surface area contributed by atoms with Crippen LogP contribution in [-0.2, 0) is 9.63 Å². The van der Waals surface area contributed by atoms with E-state index in [9.17, 15) is 14.9 Å². The molecule has 1 atom stereocenters. The summed E-state index contributed by atoms with van der Waals surface area (Å²) in [6.45, 7) is 2.01. The molecule has 0 amide bonds. The van der Waals surface area contributed by atoms with Crippen molar-refractivity contribution in [3.05, 3.63) is 46.0 Å². The Morgan fingerprint density at radius 3 is 2.59 bits per heavy atom. The van der Waals surface area contributed by atoms with E-state index >= 15 is 0 Å². The molecule has 0 N–H and O–H groups in total. The first-order valence-corrected chi connectivity index (χ1v) is 5.53. The van der Waals surface area contributed by atoms with Crippen LogP contribution in [0.5, 0.6) is 0 Å². The lowest BCUT2D eigenvalue weighted by Gasteiger charge is -2.14. The van der Waals surface area contributed by atoms with Crippen LogP contribution in [0.3, 0.4) is 0 Å². The van der Waals surface area contributed by atoms with Crippen LogP contribution in [0.1, 0.15) is 37.7 Å². The minimum absolute atomic E-state index is 0.0198. The molecule has 1 unspecified atom stereocenters. The average Bonchev–Trinajstić information content (AvgIpc) is 2.28. The minimum atomic E-state index is -1.06. The van der Waals surface area contributed by atoms with E-state index in [2.05, 4.69) is 4.84 Å². The molecule has 0 heterocycles. The molecule has 17 heavy (non-hydrogen) atoms. The van der Waals surface area contributed by atoms with Gasteiger partial charge in [-0.1, -0.05) is 43.7 Å². The molecule has 0 aromatic heterocycles. The highest BCUT2D eigenvalue weighted by molar-refractivity contribution is 5.69. The summed E-state index contributed by atoms with van der Waals surface area (Å²) >= 11 is 0. The van der Waals surface area contributed by atoms with Crippen LogP contribution in [0, 0.1) is 10.1 Å². The van der Waals surface area contributed by atoms with Gasteiger partial charge in [-0.15, -0.1) is 10.1 Å². The predicted octanol–water partition coefficient (Wildman–Crippen LogP) is 2.70. The molecule has 0 bridgehead atoms. The number of benzene rings is 1. The molecule has 0 spiro atoms. The van der Waals surface area contributed by atoms with Crippen molar-refractivity contribution in [2.24, 2.45) is 0 Å². The van der Waals surface area contributed by atoms with Crippen molar-refractivity contribution in [1.82, 2.24) is 0 Å². The van der Waals surface area contributed by atoms with E-state index in [1.54, 1.807) is 0 Å². The highest BCUT2D eigenvalue weighted by atomic mass is 17.0. The van der Waals surface area contributed by atoms with Crippen LogP contribution in [0.4, 0.5) is 0 Å². The highest BCUT2D eigenvalue weighted by Crippen LogP contribution is 2.25. The van der Waals surface area contributed by atoms with Crippen LogP contribution in [0.15, 0.2) is 30.3 Å². The summed E-state index contributed by atoms with van der Waals surface area (Å²) in [5.74, 6) is -0.814. The van der Waals surface area contributed by atoms with Gasteiger partial charge in [0.25, 0.3) is 0 Å². The van der Waals surface area contributed by atoms with Crippen molar-refractivity contribution in [2.75, 3.05) is 0 Å². The molecule has 0 aliphatic heterocycles. The van der Waals surface area contributed by atoms with Crippen molar-refractivity contribution >= 4 is 5.97 Å². The lowest BCUT2D eigenvalue weighted by molar-refractivity contribution is -0.729. The summed E-state index contributed by atoms with van der Waals surface area (Å²) in [4.78, 5) is 25.2. The maximum atomic E-state index is 11.2. The minimum Gasteiger partial charge on any atom is -0.268 e. The standard InChI is InChI=1S/C12H15NO4/c1-2-6-11(9-12(14)17-13(15)16)10-7-4-3-5-8-10/h3-5,7-8,11H,2,6,9H2,1H3. The molecule has 1 aromatic rings. The molecule has 0 saturated carbocycles. The summed E-state index contributed by atoms with van der Waals surface area (Å²) < 4.78 is 0. The van der Waals surface area contributed by atoms with Gasteiger partial charge in [0.15, 0.2) is 0 Å². The van der Waals surface area contributed by atoms with Gasteiger partial charge < -0.3 is 0 Å². The predicted molar refractivity (Wildman–Crippen MR) is 61.8 cm³/mol. The fourth-order valence-corrected chi connectivity index (χ4v) is 1.78. The Balaban J connectivity index is 2.67. The topological polar surface area (TPSA) is 69.4 Å². The van der Waals surface area contributed by atoms with Gasteiger partial charge in [-0.25, -0.2) is 4.84 Å². The summed E-state index contributed by atoms with van der Waals surface area (Å²) in [7, 11) is 0. The summed E-state index contributed by atoms with van der Waals surface area (Å²) in [5, 5.41) is 8.99. The van der Waals surface area contributed by atoms with E-state index in [4.69, 9.17) is 0 Å². The zero-order valence-corrected chi connectivity index (χ0v) is 9.67. The number of hydrogen-bond acceptors (Lipinski definition) is 4. The monoisotopic (exact) mass is 237 g/mol. The largest absolute Gasteiger partial charge is 0.304 e. The maximum Gasteiger partial charge on any atom is 0.304 e. The molecule has 0 aliphatic rings. The quantitative estimate of drug-likeness (QED) is 0.563. The third-order valence-corrected chi connectivity index (χ3v) is 2.50. The fourth-order valence-electron chi connectivity index (χ4n) is 1.78. The number of nitrogens with zero attached hydrogens (tertiary/aromatic N) is 1. The molecule has 0 fully saturated rings. The first-order valence-electron chi connectivity index (χ1n) is 5.53. The highest BCUT2D eigenvalue weighted by Gasteiger charge is 2.17. The van der Waals surface area contributed by atoms with Gasteiger partial charge in [0.1, 0.15) is 0 Å². The normalized spacial score (nSPS) is 11.8. The van der Waals surface area contributed by atoms with Crippen molar-refractivity contribution in [3.8, 4) is 0 Å². The van der Waals surface area contributed by atoms with Crippen molar-refractivity contribution < 1.29 is 14.7 Å². The average molecular weight is 237 g/mol. The van der Waals surface area contributed by atoms with Gasteiger partial charge in [0, 0.05) is 6.42 Å². The van der Waals surface area contributed by atoms with E-state index in [1.165, 1.54) is 0 Å². The Bertz CT molecular complexity index is 377. The van der Waals surface area contributed by atoms with Crippen molar-refractivity contribution in [2.45, 2.75) is 32.1 Å². The van der Waals surface area contributed by atoms with Gasteiger partial charge in [-0.2, -0.15) is 0 Å².